The van der Waals surface area contributed by atoms with Crippen molar-refractivity contribution >= 4 is 0 Å². The van der Waals surface area contributed by atoms with Crippen LogP contribution in [0.15, 0.2) is 24.3 Å². The van der Waals surface area contributed by atoms with Gasteiger partial charge in [-0.15, -0.1) is 0 Å². The highest BCUT2D eigenvalue weighted by atomic mass is 16.5. The number of benzene rings is 1. The SMILES string of the molecule is CCCOc1ccc(COCC)cc1. The molecule has 0 saturated carbocycles. The van der Waals surface area contributed by atoms with Crippen molar-refractivity contribution in [2.24, 2.45) is 0 Å². The van der Waals surface area contributed by atoms with Crippen LogP contribution >= 0.6 is 0 Å². The van der Waals surface area contributed by atoms with E-state index in [9.17, 15) is 0 Å². The smallest absolute Gasteiger partial charge is 0.119 e. The minimum atomic E-state index is 0.685. The van der Waals surface area contributed by atoms with Crippen molar-refractivity contribution in [3.05, 3.63) is 29.8 Å². The molecule has 0 unspecified atom stereocenters. The van der Waals surface area contributed by atoms with Gasteiger partial charge in [-0.25, -0.2) is 0 Å². The first-order valence-corrected chi connectivity index (χ1v) is 5.16. The Kier molecular flexibility index (Phi) is 5.08. The molecule has 1 aromatic carbocycles. The number of ether oxygens (including phenoxy) is 2. The molecule has 0 spiro atoms. The fourth-order valence-electron chi connectivity index (χ4n) is 1.12. The van der Waals surface area contributed by atoms with E-state index < -0.39 is 0 Å². The van der Waals surface area contributed by atoms with Crippen molar-refractivity contribution in [2.45, 2.75) is 26.9 Å². The normalized spacial score (nSPS) is 10.1. The van der Waals surface area contributed by atoms with Crippen molar-refractivity contribution in [3.8, 4) is 5.75 Å². The monoisotopic (exact) mass is 194 g/mol. The van der Waals surface area contributed by atoms with Gasteiger partial charge in [0, 0.05) is 6.61 Å². The van der Waals surface area contributed by atoms with Crippen LogP contribution in [0.25, 0.3) is 0 Å². The van der Waals surface area contributed by atoms with Gasteiger partial charge in [-0.1, -0.05) is 19.1 Å². The number of rotatable bonds is 6. The lowest BCUT2D eigenvalue weighted by Crippen LogP contribution is -1.95. The molecular formula is C12H18O2. The van der Waals surface area contributed by atoms with E-state index in [1.807, 2.05) is 31.2 Å². The molecule has 0 N–H and O–H groups in total. The van der Waals surface area contributed by atoms with E-state index >= 15 is 0 Å². The Balaban J connectivity index is 2.42. The summed E-state index contributed by atoms with van der Waals surface area (Å²) < 4.78 is 10.8. The van der Waals surface area contributed by atoms with Gasteiger partial charge in [0.2, 0.25) is 0 Å². The molecule has 1 aromatic rings. The maximum absolute atomic E-state index is 5.47. The summed E-state index contributed by atoms with van der Waals surface area (Å²) in [5.41, 5.74) is 1.19. The Morgan fingerprint density at radius 3 is 2.36 bits per heavy atom. The second-order valence-electron chi connectivity index (χ2n) is 3.13. The van der Waals surface area contributed by atoms with Gasteiger partial charge in [-0.2, -0.15) is 0 Å². The minimum Gasteiger partial charge on any atom is -0.494 e. The molecule has 0 aliphatic heterocycles. The summed E-state index contributed by atoms with van der Waals surface area (Å²) in [7, 11) is 0. The third-order valence-electron chi connectivity index (χ3n) is 1.87. The highest BCUT2D eigenvalue weighted by Gasteiger charge is 1.94. The van der Waals surface area contributed by atoms with Gasteiger partial charge in [-0.3, -0.25) is 0 Å². The molecule has 0 radical (unpaired) electrons. The third-order valence-corrected chi connectivity index (χ3v) is 1.87. The Labute approximate surface area is 85.8 Å². The van der Waals surface area contributed by atoms with Gasteiger partial charge in [0.05, 0.1) is 13.2 Å². The molecule has 2 nitrogen and oxygen atoms in total. The first-order chi connectivity index (χ1) is 6.86. The molecule has 0 fully saturated rings. The lowest BCUT2D eigenvalue weighted by molar-refractivity contribution is 0.134. The van der Waals surface area contributed by atoms with Gasteiger partial charge in [0.25, 0.3) is 0 Å². The lowest BCUT2D eigenvalue weighted by atomic mass is 10.2. The third kappa shape index (κ3) is 3.79. The van der Waals surface area contributed by atoms with E-state index in [1.54, 1.807) is 0 Å². The van der Waals surface area contributed by atoms with Crippen LogP contribution in [0.1, 0.15) is 25.8 Å². The highest BCUT2D eigenvalue weighted by molar-refractivity contribution is 5.26. The van der Waals surface area contributed by atoms with Crippen LogP contribution in [0.5, 0.6) is 5.75 Å². The Hall–Kier alpha value is -1.02. The van der Waals surface area contributed by atoms with Crippen LogP contribution in [-0.2, 0) is 11.3 Å². The Bertz CT molecular complexity index is 214. The summed E-state index contributed by atoms with van der Waals surface area (Å²) in [4.78, 5) is 0. The van der Waals surface area contributed by atoms with E-state index in [0.717, 1.165) is 25.4 Å². The van der Waals surface area contributed by atoms with Crippen molar-refractivity contribution in [1.82, 2.24) is 0 Å². The summed E-state index contributed by atoms with van der Waals surface area (Å²) in [6.07, 6.45) is 1.04. The first kappa shape index (κ1) is 11.1. The maximum atomic E-state index is 5.47. The van der Waals surface area contributed by atoms with Crippen LogP contribution < -0.4 is 4.74 Å². The molecule has 0 heterocycles. The van der Waals surface area contributed by atoms with Crippen LogP contribution in [0.4, 0.5) is 0 Å². The van der Waals surface area contributed by atoms with Crippen LogP contribution in [-0.4, -0.2) is 13.2 Å². The molecule has 0 bridgehead atoms. The fourth-order valence-corrected chi connectivity index (χ4v) is 1.12. The van der Waals surface area contributed by atoms with E-state index in [-0.39, 0.29) is 0 Å². The standard InChI is InChI=1S/C12H18O2/c1-3-9-14-12-7-5-11(6-8-12)10-13-4-2/h5-8H,3-4,9-10H2,1-2H3. The van der Waals surface area contributed by atoms with Crippen molar-refractivity contribution in [2.75, 3.05) is 13.2 Å². The van der Waals surface area contributed by atoms with E-state index in [0.29, 0.717) is 6.61 Å². The topological polar surface area (TPSA) is 18.5 Å². The molecule has 0 aliphatic carbocycles. The van der Waals surface area contributed by atoms with Crippen LogP contribution in [0.2, 0.25) is 0 Å². The minimum absolute atomic E-state index is 0.685. The van der Waals surface area contributed by atoms with E-state index in [2.05, 4.69) is 6.92 Å². The maximum Gasteiger partial charge on any atom is 0.119 e. The molecule has 2 heteroatoms. The molecule has 0 saturated heterocycles. The second-order valence-corrected chi connectivity index (χ2v) is 3.13. The van der Waals surface area contributed by atoms with Gasteiger partial charge in [-0.05, 0) is 31.0 Å². The Morgan fingerprint density at radius 1 is 1.07 bits per heavy atom. The summed E-state index contributed by atoms with van der Waals surface area (Å²) in [5.74, 6) is 0.937. The molecule has 0 aromatic heterocycles. The van der Waals surface area contributed by atoms with Gasteiger partial charge in [0.1, 0.15) is 5.75 Å². The molecule has 78 valence electrons. The van der Waals surface area contributed by atoms with Crippen LogP contribution in [0.3, 0.4) is 0 Å². The van der Waals surface area contributed by atoms with Gasteiger partial charge < -0.3 is 9.47 Å². The summed E-state index contributed by atoms with van der Waals surface area (Å²) >= 11 is 0. The quantitative estimate of drug-likeness (QED) is 0.693. The predicted molar refractivity (Wildman–Crippen MR) is 57.6 cm³/mol. The molecule has 0 amide bonds. The average molecular weight is 194 g/mol. The average Bonchev–Trinajstić information content (AvgIpc) is 2.25. The molecule has 0 atom stereocenters. The predicted octanol–water partition coefficient (Wildman–Crippen LogP) is 3.01. The van der Waals surface area contributed by atoms with Crippen molar-refractivity contribution < 1.29 is 9.47 Å². The second kappa shape index (κ2) is 6.44. The molecule has 1 rings (SSSR count). The molecule has 0 aliphatic rings. The summed E-state index contributed by atoms with van der Waals surface area (Å²) in [6.45, 7) is 6.33. The van der Waals surface area contributed by atoms with E-state index in [1.165, 1.54) is 5.56 Å². The number of hydrogen-bond acceptors (Lipinski definition) is 2. The van der Waals surface area contributed by atoms with Crippen molar-refractivity contribution in [1.29, 1.82) is 0 Å². The zero-order valence-corrected chi connectivity index (χ0v) is 8.95. The first-order valence-electron chi connectivity index (χ1n) is 5.16. The largest absolute Gasteiger partial charge is 0.494 e. The number of hydrogen-bond donors (Lipinski definition) is 0. The zero-order chi connectivity index (χ0) is 10.2. The van der Waals surface area contributed by atoms with Crippen molar-refractivity contribution in [3.63, 3.8) is 0 Å². The summed E-state index contributed by atoms with van der Waals surface area (Å²) in [6, 6.07) is 8.06. The fraction of sp³-hybridized carbons (Fsp3) is 0.500. The lowest BCUT2D eigenvalue weighted by Gasteiger charge is -2.05. The van der Waals surface area contributed by atoms with Crippen LogP contribution in [0, 0.1) is 0 Å². The molecule has 14 heavy (non-hydrogen) atoms. The van der Waals surface area contributed by atoms with E-state index in [4.69, 9.17) is 9.47 Å². The highest BCUT2D eigenvalue weighted by Crippen LogP contribution is 2.12. The van der Waals surface area contributed by atoms with Gasteiger partial charge in [0.15, 0.2) is 0 Å². The summed E-state index contributed by atoms with van der Waals surface area (Å²) in [5, 5.41) is 0. The Morgan fingerprint density at radius 2 is 1.79 bits per heavy atom. The molecular weight excluding hydrogens is 176 g/mol. The van der Waals surface area contributed by atoms with Gasteiger partial charge >= 0.3 is 0 Å². The zero-order valence-electron chi connectivity index (χ0n) is 8.95.